The quantitative estimate of drug-likeness (QED) is 0.803. The van der Waals surface area contributed by atoms with Gasteiger partial charge in [-0.3, -0.25) is 4.68 Å². The maximum absolute atomic E-state index is 11.6. The number of aromatic nitrogens is 3. The summed E-state index contributed by atoms with van der Waals surface area (Å²) < 4.78 is 25.1. The maximum Gasteiger partial charge on any atom is 0.150 e. The summed E-state index contributed by atoms with van der Waals surface area (Å²) in [7, 11) is -0.920. The molecule has 1 aromatic heterocycles. The summed E-state index contributed by atoms with van der Waals surface area (Å²) in [5.74, 6) is 2.14. The van der Waals surface area contributed by atoms with Crippen LogP contribution < -0.4 is 5.32 Å². The van der Waals surface area contributed by atoms with E-state index in [0.29, 0.717) is 17.4 Å². The largest absolute Gasteiger partial charge is 0.319 e. The highest BCUT2D eigenvalue weighted by atomic mass is 32.2. The van der Waals surface area contributed by atoms with Crippen molar-refractivity contribution in [2.75, 3.05) is 25.1 Å². The molecular weight excluding hydrogens is 264 g/mol. The molecule has 1 N–H and O–H groups in total. The Labute approximate surface area is 114 Å². The van der Waals surface area contributed by atoms with Gasteiger partial charge in [0.2, 0.25) is 0 Å². The van der Waals surface area contributed by atoms with Crippen molar-refractivity contribution in [3.8, 4) is 0 Å². The summed E-state index contributed by atoms with van der Waals surface area (Å²) in [4.78, 5) is 4.29. The van der Waals surface area contributed by atoms with Gasteiger partial charge in [0, 0.05) is 13.0 Å². The summed E-state index contributed by atoms with van der Waals surface area (Å²) in [5, 5.41) is 7.34. The van der Waals surface area contributed by atoms with Crippen LogP contribution in [-0.2, 0) is 22.8 Å². The topological polar surface area (TPSA) is 76.9 Å². The van der Waals surface area contributed by atoms with Crippen molar-refractivity contribution in [2.45, 2.75) is 26.3 Å². The van der Waals surface area contributed by atoms with E-state index >= 15 is 0 Å². The van der Waals surface area contributed by atoms with Gasteiger partial charge in [0.15, 0.2) is 9.84 Å². The molecule has 0 aliphatic carbocycles. The number of aryl methyl sites for hydroxylation is 1. The van der Waals surface area contributed by atoms with Crippen molar-refractivity contribution >= 4 is 9.84 Å². The smallest absolute Gasteiger partial charge is 0.150 e. The van der Waals surface area contributed by atoms with Crippen LogP contribution in [0.2, 0.25) is 0 Å². The van der Waals surface area contributed by atoms with E-state index in [1.165, 1.54) is 0 Å². The van der Waals surface area contributed by atoms with Crippen molar-refractivity contribution in [1.82, 2.24) is 20.1 Å². The standard InChI is InChI=1S/C12H22N4O2S/c1-3-16-12(14-9-15-16)6-11(7-13-2)10-4-5-19(17,18)8-10/h9-11,13H,3-8H2,1-2H3. The SMILES string of the molecule is CCn1ncnc1CC(CNC)C1CCS(=O)(=O)C1. The Hall–Kier alpha value is -0.950. The van der Waals surface area contributed by atoms with Crippen LogP contribution in [-0.4, -0.2) is 48.3 Å². The molecule has 1 aromatic rings. The molecule has 2 heterocycles. The lowest BCUT2D eigenvalue weighted by atomic mass is 9.88. The number of sulfone groups is 1. The highest BCUT2D eigenvalue weighted by molar-refractivity contribution is 7.91. The molecule has 0 bridgehead atoms. The summed E-state index contributed by atoms with van der Waals surface area (Å²) >= 11 is 0. The van der Waals surface area contributed by atoms with Gasteiger partial charge in [0.05, 0.1) is 11.5 Å². The third-order valence-corrected chi connectivity index (χ3v) is 5.63. The summed E-state index contributed by atoms with van der Waals surface area (Å²) in [5.41, 5.74) is 0. The van der Waals surface area contributed by atoms with E-state index in [4.69, 9.17) is 0 Å². The average Bonchev–Trinajstić information content (AvgIpc) is 2.94. The van der Waals surface area contributed by atoms with Gasteiger partial charge in [-0.2, -0.15) is 5.10 Å². The van der Waals surface area contributed by atoms with Gasteiger partial charge in [0.25, 0.3) is 0 Å². The van der Waals surface area contributed by atoms with Crippen LogP contribution in [0.25, 0.3) is 0 Å². The Morgan fingerprint density at radius 1 is 1.58 bits per heavy atom. The predicted octanol–water partition coefficient (Wildman–Crippen LogP) is 0.111. The van der Waals surface area contributed by atoms with Crippen LogP contribution in [0, 0.1) is 11.8 Å². The minimum atomic E-state index is -2.82. The molecule has 1 fully saturated rings. The molecule has 0 saturated carbocycles. The zero-order valence-electron chi connectivity index (χ0n) is 11.5. The van der Waals surface area contributed by atoms with Gasteiger partial charge in [0.1, 0.15) is 12.2 Å². The first-order valence-corrected chi connectivity index (χ1v) is 8.59. The van der Waals surface area contributed by atoms with Crippen LogP contribution in [0.5, 0.6) is 0 Å². The molecule has 0 aromatic carbocycles. The Balaban J connectivity index is 2.08. The molecule has 19 heavy (non-hydrogen) atoms. The molecule has 2 unspecified atom stereocenters. The lowest BCUT2D eigenvalue weighted by molar-refractivity contribution is 0.340. The van der Waals surface area contributed by atoms with Gasteiger partial charge >= 0.3 is 0 Å². The fraction of sp³-hybridized carbons (Fsp3) is 0.833. The van der Waals surface area contributed by atoms with Gasteiger partial charge in [-0.1, -0.05) is 0 Å². The molecule has 1 aliphatic rings. The number of hydrogen-bond acceptors (Lipinski definition) is 5. The predicted molar refractivity (Wildman–Crippen MR) is 73.6 cm³/mol. The fourth-order valence-corrected chi connectivity index (χ4v) is 4.73. The lowest BCUT2D eigenvalue weighted by Crippen LogP contribution is -2.29. The van der Waals surface area contributed by atoms with E-state index in [1.807, 2.05) is 18.7 Å². The first kappa shape index (κ1) is 14.5. The first-order chi connectivity index (χ1) is 9.05. The number of nitrogens with zero attached hydrogens (tertiary/aromatic N) is 3. The minimum Gasteiger partial charge on any atom is -0.319 e. The number of rotatable bonds is 6. The monoisotopic (exact) mass is 286 g/mol. The highest BCUT2D eigenvalue weighted by Gasteiger charge is 2.33. The third kappa shape index (κ3) is 3.54. The average molecular weight is 286 g/mol. The van der Waals surface area contributed by atoms with Crippen molar-refractivity contribution in [3.63, 3.8) is 0 Å². The molecule has 1 saturated heterocycles. The molecule has 7 heteroatoms. The van der Waals surface area contributed by atoms with Crippen molar-refractivity contribution in [3.05, 3.63) is 12.2 Å². The molecule has 1 aliphatic heterocycles. The van der Waals surface area contributed by atoms with Crippen molar-refractivity contribution < 1.29 is 8.42 Å². The van der Waals surface area contributed by atoms with Crippen molar-refractivity contribution in [1.29, 1.82) is 0 Å². The van der Waals surface area contributed by atoms with Gasteiger partial charge in [-0.15, -0.1) is 0 Å². The van der Waals surface area contributed by atoms with E-state index in [2.05, 4.69) is 15.4 Å². The van der Waals surface area contributed by atoms with Gasteiger partial charge in [-0.25, -0.2) is 13.4 Å². The zero-order chi connectivity index (χ0) is 13.9. The normalized spacial score (nSPS) is 23.6. The Morgan fingerprint density at radius 2 is 2.37 bits per heavy atom. The summed E-state index contributed by atoms with van der Waals surface area (Å²) in [6.45, 7) is 3.65. The molecule has 2 atom stereocenters. The second-order valence-electron chi connectivity index (χ2n) is 5.18. The lowest BCUT2D eigenvalue weighted by Gasteiger charge is -2.22. The zero-order valence-corrected chi connectivity index (χ0v) is 12.4. The maximum atomic E-state index is 11.6. The van der Waals surface area contributed by atoms with Gasteiger partial charge in [-0.05, 0) is 38.8 Å². The molecule has 2 rings (SSSR count). The fourth-order valence-electron chi connectivity index (χ4n) is 2.81. The molecule has 0 spiro atoms. The molecule has 0 amide bonds. The van der Waals surface area contributed by atoms with E-state index in [-0.39, 0.29) is 5.92 Å². The Morgan fingerprint density at radius 3 is 2.95 bits per heavy atom. The minimum absolute atomic E-state index is 0.236. The van der Waals surface area contributed by atoms with Crippen LogP contribution in [0.1, 0.15) is 19.2 Å². The molecule has 0 radical (unpaired) electrons. The van der Waals surface area contributed by atoms with Crippen molar-refractivity contribution in [2.24, 2.45) is 11.8 Å². The van der Waals surface area contributed by atoms with Gasteiger partial charge < -0.3 is 5.32 Å². The van der Waals surface area contributed by atoms with E-state index in [1.54, 1.807) is 6.33 Å². The first-order valence-electron chi connectivity index (χ1n) is 6.77. The van der Waals surface area contributed by atoms with Crippen LogP contribution in [0.3, 0.4) is 0 Å². The van der Waals surface area contributed by atoms with Crippen LogP contribution >= 0.6 is 0 Å². The summed E-state index contributed by atoms with van der Waals surface area (Å²) in [6.07, 6.45) is 3.13. The second-order valence-corrected chi connectivity index (χ2v) is 7.41. The van der Waals surface area contributed by atoms with E-state index in [9.17, 15) is 8.42 Å². The number of hydrogen-bond donors (Lipinski definition) is 1. The van der Waals surface area contributed by atoms with Crippen LogP contribution in [0.15, 0.2) is 6.33 Å². The second kappa shape index (κ2) is 6.00. The third-order valence-electron chi connectivity index (χ3n) is 3.84. The van der Waals surface area contributed by atoms with E-state index < -0.39 is 9.84 Å². The Kier molecular flexibility index (Phi) is 4.57. The molecule has 6 nitrogen and oxygen atoms in total. The highest BCUT2D eigenvalue weighted by Crippen LogP contribution is 2.27. The molecule has 108 valence electrons. The number of nitrogens with one attached hydrogen (secondary N) is 1. The summed E-state index contributed by atoms with van der Waals surface area (Å²) in [6, 6.07) is 0. The van der Waals surface area contributed by atoms with E-state index in [0.717, 1.165) is 31.8 Å². The Bertz CT molecular complexity index is 512. The van der Waals surface area contributed by atoms with Crippen LogP contribution in [0.4, 0.5) is 0 Å². The molecular formula is C12H22N4O2S.